The summed E-state index contributed by atoms with van der Waals surface area (Å²) in [7, 11) is 0. The van der Waals surface area contributed by atoms with E-state index in [-0.39, 0.29) is 24.4 Å². The second kappa shape index (κ2) is 6.63. The quantitative estimate of drug-likeness (QED) is 0.665. The number of fused-ring (bicyclic) bond motifs is 3. The molecule has 0 fully saturated rings. The van der Waals surface area contributed by atoms with Crippen LogP contribution in [0.2, 0.25) is 0 Å². The van der Waals surface area contributed by atoms with Crippen molar-refractivity contribution in [2.45, 2.75) is 25.3 Å². The molecular formula is C18H19ClN4O. The highest BCUT2D eigenvalue weighted by Crippen LogP contribution is 2.33. The number of aromatic nitrogens is 2. The molecule has 3 aromatic rings. The second-order valence-electron chi connectivity index (χ2n) is 5.97. The van der Waals surface area contributed by atoms with E-state index in [1.165, 1.54) is 5.56 Å². The maximum Gasteiger partial charge on any atom is 0.255 e. The monoisotopic (exact) mass is 342 g/mol. The largest absolute Gasteiger partial charge is 0.357 e. The Labute approximate surface area is 146 Å². The number of carbonyl (C=O) groups excluding carboxylic acids is 1. The average molecular weight is 343 g/mol. The Morgan fingerprint density at radius 3 is 3.00 bits per heavy atom. The van der Waals surface area contributed by atoms with Crippen LogP contribution in [-0.2, 0) is 6.42 Å². The van der Waals surface area contributed by atoms with Crippen molar-refractivity contribution in [1.29, 1.82) is 0 Å². The third-order valence-electron chi connectivity index (χ3n) is 4.43. The van der Waals surface area contributed by atoms with Crippen molar-refractivity contribution in [2.75, 3.05) is 5.32 Å². The number of halogens is 1. The van der Waals surface area contributed by atoms with Crippen LogP contribution in [0.1, 0.15) is 40.5 Å². The minimum atomic E-state index is -0.130. The Hall–Kier alpha value is -2.37. The molecule has 1 aromatic carbocycles. The molecule has 4 N–H and O–H groups in total. The minimum Gasteiger partial charge on any atom is -0.357 e. The molecule has 1 amide bonds. The molecule has 6 heteroatoms. The van der Waals surface area contributed by atoms with Crippen molar-refractivity contribution >= 4 is 34.9 Å². The van der Waals surface area contributed by atoms with Crippen molar-refractivity contribution in [3.63, 3.8) is 0 Å². The number of carbonyl (C=O) groups is 1. The predicted octanol–water partition coefficient (Wildman–Crippen LogP) is 3.57. The van der Waals surface area contributed by atoms with Crippen LogP contribution >= 0.6 is 12.4 Å². The fourth-order valence-electron chi connectivity index (χ4n) is 3.28. The number of amides is 1. The third kappa shape index (κ3) is 2.88. The zero-order chi connectivity index (χ0) is 15.8. The summed E-state index contributed by atoms with van der Waals surface area (Å²) in [5.74, 6) is -0.130. The number of aryl methyl sites for hydroxylation is 1. The molecule has 5 nitrogen and oxygen atoms in total. The molecule has 0 spiro atoms. The van der Waals surface area contributed by atoms with Gasteiger partial charge < -0.3 is 16.0 Å². The fourth-order valence-corrected chi connectivity index (χ4v) is 3.28. The van der Waals surface area contributed by atoms with Gasteiger partial charge in [0.05, 0.1) is 11.9 Å². The lowest BCUT2D eigenvalue weighted by molar-refractivity contribution is 0.102. The highest BCUT2D eigenvalue weighted by atomic mass is 35.5. The first-order valence-corrected chi connectivity index (χ1v) is 7.84. The van der Waals surface area contributed by atoms with Crippen LogP contribution < -0.4 is 11.1 Å². The molecule has 1 atom stereocenters. The highest BCUT2D eigenvalue weighted by Gasteiger charge is 2.22. The van der Waals surface area contributed by atoms with Crippen molar-refractivity contribution in [3.8, 4) is 0 Å². The number of nitrogens with one attached hydrogen (secondary N) is 2. The number of H-pyrrole nitrogens is 1. The van der Waals surface area contributed by atoms with Gasteiger partial charge in [0.15, 0.2) is 0 Å². The molecule has 2 aromatic heterocycles. The van der Waals surface area contributed by atoms with Crippen molar-refractivity contribution in [2.24, 2.45) is 5.73 Å². The number of pyridine rings is 1. The summed E-state index contributed by atoms with van der Waals surface area (Å²) in [6, 6.07) is 9.43. The van der Waals surface area contributed by atoms with E-state index < -0.39 is 0 Å². The lowest BCUT2D eigenvalue weighted by atomic mass is 9.92. The van der Waals surface area contributed by atoms with E-state index in [4.69, 9.17) is 5.73 Å². The van der Waals surface area contributed by atoms with Gasteiger partial charge in [0.25, 0.3) is 5.91 Å². The summed E-state index contributed by atoms with van der Waals surface area (Å²) >= 11 is 0. The van der Waals surface area contributed by atoms with Gasteiger partial charge in [-0.15, -0.1) is 12.4 Å². The molecule has 124 valence electrons. The molecule has 0 saturated heterocycles. The first kappa shape index (κ1) is 16.5. The molecule has 2 heterocycles. The van der Waals surface area contributed by atoms with E-state index >= 15 is 0 Å². The number of hydrogen-bond acceptors (Lipinski definition) is 3. The molecule has 4 rings (SSSR count). The Balaban J connectivity index is 0.00000169. The smallest absolute Gasteiger partial charge is 0.255 e. The number of anilines is 1. The zero-order valence-corrected chi connectivity index (χ0v) is 13.9. The SMILES string of the molecule is Cl.NC1CCCc2c1[nH]c1ccc(C(=O)Nc3cccnc3)cc21. The minimum absolute atomic E-state index is 0. The van der Waals surface area contributed by atoms with Crippen LogP contribution in [0.25, 0.3) is 10.9 Å². The number of rotatable bonds is 2. The van der Waals surface area contributed by atoms with Crippen molar-refractivity contribution < 1.29 is 4.79 Å². The second-order valence-corrected chi connectivity index (χ2v) is 5.97. The van der Waals surface area contributed by atoms with Gasteiger partial charge in [0.1, 0.15) is 0 Å². The maximum atomic E-state index is 12.4. The van der Waals surface area contributed by atoms with Gasteiger partial charge >= 0.3 is 0 Å². The van der Waals surface area contributed by atoms with Gasteiger partial charge in [0, 0.05) is 34.4 Å². The maximum absolute atomic E-state index is 12.4. The molecule has 0 aliphatic heterocycles. The molecular weight excluding hydrogens is 324 g/mol. The molecule has 1 aliphatic rings. The van der Waals surface area contributed by atoms with Gasteiger partial charge in [0.2, 0.25) is 0 Å². The number of nitrogens with two attached hydrogens (primary N) is 1. The summed E-state index contributed by atoms with van der Waals surface area (Å²) in [5.41, 5.74) is 11.0. The fraction of sp³-hybridized carbons (Fsp3) is 0.222. The molecule has 1 aliphatic carbocycles. The van der Waals surface area contributed by atoms with Crippen LogP contribution in [0.3, 0.4) is 0 Å². The van der Waals surface area contributed by atoms with Crippen LogP contribution in [-0.4, -0.2) is 15.9 Å². The van der Waals surface area contributed by atoms with E-state index in [2.05, 4.69) is 15.3 Å². The van der Waals surface area contributed by atoms with Gasteiger partial charge in [-0.1, -0.05) is 0 Å². The number of aromatic amines is 1. The molecule has 1 unspecified atom stereocenters. The average Bonchev–Trinajstić information content (AvgIpc) is 2.95. The Morgan fingerprint density at radius 1 is 1.33 bits per heavy atom. The van der Waals surface area contributed by atoms with E-state index in [0.29, 0.717) is 11.3 Å². The van der Waals surface area contributed by atoms with Crippen molar-refractivity contribution in [1.82, 2.24) is 9.97 Å². The lowest BCUT2D eigenvalue weighted by Gasteiger charge is -2.18. The molecule has 0 bridgehead atoms. The summed E-state index contributed by atoms with van der Waals surface area (Å²) in [6.45, 7) is 0. The Bertz CT molecular complexity index is 875. The van der Waals surface area contributed by atoms with E-state index in [1.54, 1.807) is 18.5 Å². The highest BCUT2D eigenvalue weighted by molar-refractivity contribution is 6.06. The van der Waals surface area contributed by atoms with Crippen LogP contribution in [0, 0.1) is 0 Å². The number of benzene rings is 1. The third-order valence-corrected chi connectivity index (χ3v) is 4.43. The van der Waals surface area contributed by atoms with Gasteiger partial charge in [-0.2, -0.15) is 0 Å². The summed E-state index contributed by atoms with van der Waals surface area (Å²) in [4.78, 5) is 19.9. The number of hydrogen-bond donors (Lipinski definition) is 3. The standard InChI is InChI=1S/C18H18N4O.ClH/c19-15-5-1-4-13-14-9-11(6-7-16(14)22-17(13)15)18(23)21-12-3-2-8-20-10-12;/h2-3,6-10,15,22H,1,4-5,19H2,(H,21,23);1H. The Kier molecular flexibility index (Phi) is 4.55. The number of nitrogens with zero attached hydrogens (tertiary/aromatic N) is 1. The van der Waals surface area contributed by atoms with Crippen LogP contribution in [0.5, 0.6) is 0 Å². The van der Waals surface area contributed by atoms with Crippen LogP contribution in [0.4, 0.5) is 5.69 Å². The predicted molar refractivity (Wildman–Crippen MR) is 97.6 cm³/mol. The van der Waals surface area contributed by atoms with Gasteiger partial charge in [-0.3, -0.25) is 9.78 Å². The topological polar surface area (TPSA) is 83.8 Å². The first-order valence-electron chi connectivity index (χ1n) is 7.84. The lowest BCUT2D eigenvalue weighted by Crippen LogP contribution is -2.16. The molecule has 0 radical (unpaired) electrons. The summed E-state index contributed by atoms with van der Waals surface area (Å²) in [6.07, 6.45) is 6.42. The zero-order valence-electron chi connectivity index (χ0n) is 13.1. The molecule has 24 heavy (non-hydrogen) atoms. The summed E-state index contributed by atoms with van der Waals surface area (Å²) < 4.78 is 0. The summed E-state index contributed by atoms with van der Waals surface area (Å²) in [5, 5.41) is 3.97. The first-order chi connectivity index (χ1) is 11.2. The molecule has 0 saturated carbocycles. The van der Waals surface area contributed by atoms with E-state index in [9.17, 15) is 4.79 Å². The van der Waals surface area contributed by atoms with E-state index in [1.807, 2.05) is 24.3 Å². The van der Waals surface area contributed by atoms with Crippen molar-refractivity contribution in [3.05, 3.63) is 59.5 Å². The van der Waals surface area contributed by atoms with E-state index in [0.717, 1.165) is 35.9 Å². The van der Waals surface area contributed by atoms with Crippen LogP contribution in [0.15, 0.2) is 42.7 Å². The van der Waals surface area contributed by atoms with Gasteiger partial charge in [-0.25, -0.2) is 0 Å². The van der Waals surface area contributed by atoms with Gasteiger partial charge in [-0.05, 0) is 55.2 Å². The normalized spacial score (nSPS) is 16.3. The Morgan fingerprint density at radius 2 is 2.21 bits per heavy atom.